The Morgan fingerprint density at radius 2 is 2.05 bits per heavy atom. The number of hydrogen-bond acceptors (Lipinski definition) is 2. The van der Waals surface area contributed by atoms with E-state index in [0.717, 1.165) is 5.56 Å². The maximum Gasteiger partial charge on any atom is 0.249 e. The Morgan fingerprint density at radius 1 is 1.33 bits per heavy atom. The number of anilines is 1. The van der Waals surface area contributed by atoms with Gasteiger partial charge in [-0.3, -0.25) is 4.79 Å². The average Bonchev–Trinajstić information content (AvgIpc) is 2.39. The quantitative estimate of drug-likeness (QED) is 0.880. The smallest absolute Gasteiger partial charge is 0.249 e. The lowest BCUT2D eigenvalue weighted by Crippen LogP contribution is -2.42. The van der Waals surface area contributed by atoms with Crippen LogP contribution in [0, 0.1) is 11.7 Å². The molecule has 0 unspecified atom stereocenters. The Kier molecular flexibility index (Phi) is 4.49. The summed E-state index contributed by atoms with van der Waals surface area (Å²) in [4.78, 5) is 11.8. The second-order valence-corrected chi connectivity index (χ2v) is 5.44. The summed E-state index contributed by atoms with van der Waals surface area (Å²) in [6.45, 7) is 1.30. The molecule has 3 nitrogen and oxygen atoms in total. The first-order chi connectivity index (χ1) is 9.46. The van der Waals surface area contributed by atoms with Gasteiger partial charge in [0, 0.05) is 25.3 Å². The number of rotatable bonds is 2. The lowest BCUT2D eigenvalue weighted by molar-refractivity contribution is -0.145. The molecular formula is C14H16ClF3N2O. The average molecular weight is 321 g/mol. The van der Waals surface area contributed by atoms with E-state index >= 15 is 0 Å². The SMILES string of the molecule is Cl.O=C(Nc1ccc2c(c1F)CCNC2)C1CC(F)(F)C1. The minimum atomic E-state index is -2.75. The Hall–Kier alpha value is -1.27. The van der Waals surface area contributed by atoms with E-state index in [1.807, 2.05) is 0 Å². The Labute approximate surface area is 126 Å². The van der Waals surface area contributed by atoms with Crippen molar-refractivity contribution < 1.29 is 18.0 Å². The number of fused-ring (bicyclic) bond motifs is 1. The Balaban J connectivity index is 0.00000161. The molecule has 3 rings (SSSR count). The van der Waals surface area contributed by atoms with Crippen LogP contribution in [0.1, 0.15) is 24.0 Å². The lowest BCUT2D eigenvalue weighted by Gasteiger charge is -2.33. The molecular weight excluding hydrogens is 305 g/mol. The van der Waals surface area contributed by atoms with Crippen molar-refractivity contribution in [3.8, 4) is 0 Å². The highest BCUT2D eigenvalue weighted by atomic mass is 35.5. The second kappa shape index (κ2) is 5.85. The topological polar surface area (TPSA) is 41.1 Å². The third-order valence-corrected chi connectivity index (χ3v) is 3.93. The Bertz CT molecular complexity index is 557. The van der Waals surface area contributed by atoms with Crippen LogP contribution in [0.4, 0.5) is 18.9 Å². The van der Waals surface area contributed by atoms with E-state index < -0.39 is 36.4 Å². The molecule has 1 saturated carbocycles. The highest BCUT2D eigenvalue weighted by molar-refractivity contribution is 5.93. The number of alkyl halides is 2. The van der Waals surface area contributed by atoms with Crippen LogP contribution in [0.25, 0.3) is 0 Å². The number of amides is 1. The first-order valence-corrected chi connectivity index (χ1v) is 6.66. The number of benzene rings is 1. The molecule has 0 atom stereocenters. The van der Waals surface area contributed by atoms with Crippen LogP contribution in [0.5, 0.6) is 0 Å². The number of halogens is 4. The Morgan fingerprint density at radius 3 is 2.71 bits per heavy atom. The number of carbonyl (C=O) groups is 1. The molecule has 2 aliphatic rings. The summed E-state index contributed by atoms with van der Waals surface area (Å²) >= 11 is 0. The molecule has 21 heavy (non-hydrogen) atoms. The van der Waals surface area contributed by atoms with Crippen molar-refractivity contribution in [2.24, 2.45) is 5.92 Å². The maximum absolute atomic E-state index is 14.3. The number of carbonyl (C=O) groups excluding carboxylic acids is 1. The molecule has 116 valence electrons. The van der Waals surface area contributed by atoms with Crippen molar-refractivity contribution in [1.82, 2.24) is 5.32 Å². The van der Waals surface area contributed by atoms with Crippen molar-refractivity contribution in [3.63, 3.8) is 0 Å². The van der Waals surface area contributed by atoms with E-state index in [9.17, 15) is 18.0 Å². The molecule has 2 N–H and O–H groups in total. The van der Waals surface area contributed by atoms with E-state index in [1.165, 1.54) is 6.07 Å². The minimum Gasteiger partial charge on any atom is -0.323 e. The highest BCUT2D eigenvalue weighted by Gasteiger charge is 2.48. The zero-order chi connectivity index (χ0) is 14.3. The number of nitrogens with one attached hydrogen (secondary N) is 2. The van der Waals surface area contributed by atoms with Gasteiger partial charge < -0.3 is 10.6 Å². The first kappa shape index (κ1) is 16.1. The fraction of sp³-hybridized carbons (Fsp3) is 0.500. The van der Waals surface area contributed by atoms with Gasteiger partial charge in [0.05, 0.1) is 5.69 Å². The molecule has 1 aromatic carbocycles. The van der Waals surface area contributed by atoms with Gasteiger partial charge in [-0.1, -0.05) is 6.07 Å². The number of hydrogen-bond donors (Lipinski definition) is 2. The summed E-state index contributed by atoms with van der Waals surface area (Å²) in [5.41, 5.74) is 1.56. The summed E-state index contributed by atoms with van der Waals surface area (Å²) in [6.07, 6.45) is -0.336. The molecule has 0 radical (unpaired) electrons. The lowest BCUT2D eigenvalue weighted by atomic mass is 9.80. The molecule has 0 bridgehead atoms. The minimum absolute atomic E-state index is 0. The molecule has 1 fully saturated rings. The van der Waals surface area contributed by atoms with Crippen LogP contribution in [-0.4, -0.2) is 18.4 Å². The molecule has 1 amide bonds. The predicted molar refractivity (Wildman–Crippen MR) is 75.4 cm³/mol. The van der Waals surface area contributed by atoms with Gasteiger partial charge in [0.1, 0.15) is 5.82 Å². The molecule has 7 heteroatoms. The van der Waals surface area contributed by atoms with Gasteiger partial charge in [0.25, 0.3) is 0 Å². The van der Waals surface area contributed by atoms with Gasteiger partial charge in [-0.2, -0.15) is 0 Å². The maximum atomic E-state index is 14.3. The van der Waals surface area contributed by atoms with Crippen molar-refractivity contribution in [1.29, 1.82) is 0 Å². The van der Waals surface area contributed by atoms with E-state index in [1.54, 1.807) is 6.07 Å². The fourth-order valence-electron chi connectivity index (χ4n) is 2.71. The van der Waals surface area contributed by atoms with Crippen molar-refractivity contribution in [3.05, 3.63) is 29.1 Å². The third-order valence-electron chi connectivity index (χ3n) is 3.93. The van der Waals surface area contributed by atoms with E-state index in [2.05, 4.69) is 10.6 Å². The van der Waals surface area contributed by atoms with Gasteiger partial charge >= 0.3 is 0 Å². The van der Waals surface area contributed by atoms with Crippen LogP contribution < -0.4 is 10.6 Å². The van der Waals surface area contributed by atoms with Crippen LogP contribution in [0.2, 0.25) is 0 Å². The van der Waals surface area contributed by atoms with E-state index in [0.29, 0.717) is 25.1 Å². The second-order valence-electron chi connectivity index (χ2n) is 5.44. The zero-order valence-corrected chi connectivity index (χ0v) is 12.0. The largest absolute Gasteiger partial charge is 0.323 e. The van der Waals surface area contributed by atoms with E-state index in [4.69, 9.17) is 0 Å². The molecule has 0 aromatic heterocycles. The molecule has 1 aliphatic heterocycles. The van der Waals surface area contributed by atoms with Gasteiger partial charge in [-0.15, -0.1) is 12.4 Å². The van der Waals surface area contributed by atoms with Crippen LogP contribution in [0.15, 0.2) is 12.1 Å². The normalized spacial score (nSPS) is 20.0. The van der Waals surface area contributed by atoms with Crippen LogP contribution in [0.3, 0.4) is 0 Å². The van der Waals surface area contributed by atoms with Gasteiger partial charge in [0.15, 0.2) is 0 Å². The fourth-order valence-corrected chi connectivity index (χ4v) is 2.71. The monoisotopic (exact) mass is 320 g/mol. The standard InChI is InChI=1S/C14H15F3N2O.ClH/c15-12-10-3-4-18-7-8(10)1-2-11(12)19-13(20)9-5-14(16,17)6-9;/h1-2,9,18H,3-7H2,(H,19,20);1H. The van der Waals surface area contributed by atoms with Crippen LogP contribution >= 0.6 is 12.4 Å². The van der Waals surface area contributed by atoms with Gasteiger partial charge in [-0.25, -0.2) is 13.2 Å². The van der Waals surface area contributed by atoms with Crippen molar-refractivity contribution in [2.75, 3.05) is 11.9 Å². The van der Waals surface area contributed by atoms with E-state index in [-0.39, 0.29) is 18.1 Å². The summed E-state index contributed by atoms with van der Waals surface area (Å²) in [7, 11) is 0. The highest BCUT2D eigenvalue weighted by Crippen LogP contribution is 2.42. The molecule has 1 aliphatic carbocycles. The predicted octanol–water partition coefficient (Wildman–Crippen LogP) is 2.88. The van der Waals surface area contributed by atoms with Crippen LogP contribution in [-0.2, 0) is 17.8 Å². The summed E-state index contributed by atoms with van der Waals surface area (Å²) in [5.74, 6) is -4.43. The van der Waals surface area contributed by atoms with Crippen molar-refractivity contribution in [2.45, 2.75) is 31.7 Å². The third kappa shape index (κ3) is 3.16. The van der Waals surface area contributed by atoms with Crippen molar-refractivity contribution >= 4 is 24.0 Å². The van der Waals surface area contributed by atoms with Gasteiger partial charge in [-0.05, 0) is 30.2 Å². The molecule has 1 heterocycles. The summed E-state index contributed by atoms with van der Waals surface area (Å²) < 4.78 is 39.7. The molecule has 0 saturated heterocycles. The summed E-state index contributed by atoms with van der Waals surface area (Å²) in [6, 6.07) is 3.26. The summed E-state index contributed by atoms with van der Waals surface area (Å²) in [5, 5.41) is 5.57. The molecule has 1 aromatic rings. The molecule has 0 spiro atoms. The zero-order valence-electron chi connectivity index (χ0n) is 11.2. The first-order valence-electron chi connectivity index (χ1n) is 6.66. The van der Waals surface area contributed by atoms with Gasteiger partial charge in [0.2, 0.25) is 11.8 Å².